The molecule has 9 heteroatoms. The SMILES string of the molecule is COC(=O)c1ccc(NC(=O)Cn2cccc2C(=O)N2CCN(C(C)=O)CC2)cc1. The van der Waals surface area contributed by atoms with E-state index in [4.69, 9.17) is 0 Å². The van der Waals surface area contributed by atoms with Gasteiger partial charge in [-0.2, -0.15) is 0 Å². The summed E-state index contributed by atoms with van der Waals surface area (Å²) < 4.78 is 6.24. The van der Waals surface area contributed by atoms with E-state index in [1.807, 2.05) is 0 Å². The third-order valence-electron chi connectivity index (χ3n) is 4.96. The number of benzene rings is 1. The Labute approximate surface area is 174 Å². The molecule has 9 nitrogen and oxygen atoms in total. The van der Waals surface area contributed by atoms with Crippen molar-refractivity contribution in [3.63, 3.8) is 0 Å². The number of esters is 1. The van der Waals surface area contributed by atoms with Gasteiger partial charge in [0.25, 0.3) is 5.91 Å². The van der Waals surface area contributed by atoms with Gasteiger partial charge in [-0.25, -0.2) is 4.79 Å². The van der Waals surface area contributed by atoms with E-state index in [2.05, 4.69) is 10.1 Å². The van der Waals surface area contributed by atoms with Crippen molar-refractivity contribution in [2.75, 3.05) is 38.6 Å². The average Bonchev–Trinajstić information content (AvgIpc) is 3.21. The van der Waals surface area contributed by atoms with Crippen LogP contribution < -0.4 is 5.32 Å². The number of ether oxygens (including phenoxy) is 1. The van der Waals surface area contributed by atoms with Gasteiger partial charge < -0.3 is 24.4 Å². The third-order valence-corrected chi connectivity index (χ3v) is 4.96. The summed E-state index contributed by atoms with van der Waals surface area (Å²) in [6.45, 7) is 3.42. The third kappa shape index (κ3) is 4.86. The number of hydrogen-bond acceptors (Lipinski definition) is 5. The van der Waals surface area contributed by atoms with Crippen LogP contribution in [-0.4, -0.2) is 71.3 Å². The van der Waals surface area contributed by atoms with Crippen LogP contribution in [0.25, 0.3) is 0 Å². The van der Waals surface area contributed by atoms with Gasteiger partial charge in [-0.15, -0.1) is 0 Å². The van der Waals surface area contributed by atoms with E-state index in [0.717, 1.165) is 0 Å². The fraction of sp³-hybridized carbons (Fsp3) is 0.333. The van der Waals surface area contributed by atoms with Crippen molar-refractivity contribution < 1.29 is 23.9 Å². The first-order valence-corrected chi connectivity index (χ1v) is 9.57. The summed E-state index contributed by atoms with van der Waals surface area (Å²) in [5.74, 6) is -0.917. The minimum Gasteiger partial charge on any atom is -0.465 e. The van der Waals surface area contributed by atoms with Crippen LogP contribution >= 0.6 is 0 Å². The van der Waals surface area contributed by atoms with Crippen LogP contribution in [0.2, 0.25) is 0 Å². The molecule has 1 aliphatic rings. The number of aromatic nitrogens is 1. The van der Waals surface area contributed by atoms with Gasteiger partial charge in [-0.1, -0.05) is 0 Å². The Hall–Kier alpha value is -3.62. The largest absolute Gasteiger partial charge is 0.465 e. The number of carbonyl (C=O) groups excluding carboxylic acids is 4. The molecule has 0 unspecified atom stereocenters. The number of amides is 3. The van der Waals surface area contributed by atoms with Crippen LogP contribution in [0, 0.1) is 0 Å². The van der Waals surface area contributed by atoms with E-state index in [9.17, 15) is 19.2 Å². The lowest BCUT2D eigenvalue weighted by atomic mass is 10.2. The first kappa shape index (κ1) is 21.1. The molecule has 0 spiro atoms. The van der Waals surface area contributed by atoms with Crippen LogP contribution in [0.4, 0.5) is 5.69 Å². The lowest BCUT2D eigenvalue weighted by Crippen LogP contribution is -2.50. The summed E-state index contributed by atoms with van der Waals surface area (Å²) in [6, 6.07) is 9.75. The normalized spacial score (nSPS) is 13.7. The highest BCUT2D eigenvalue weighted by molar-refractivity contribution is 5.95. The molecule has 1 aromatic heterocycles. The number of anilines is 1. The molecule has 158 valence electrons. The standard InChI is InChI=1S/C21H24N4O5/c1-15(26)23-10-12-24(13-11-23)20(28)18-4-3-9-25(18)14-19(27)22-17-7-5-16(6-8-17)21(29)30-2/h3-9H,10-14H2,1-2H3,(H,22,27). The number of piperazine rings is 1. The Morgan fingerprint density at radius 2 is 1.60 bits per heavy atom. The summed E-state index contributed by atoms with van der Waals surface area (Å²) >= 11 is 0. The molecule has 2 aromatic rings. The number of nitrogens with one attached hydrogen (secondary N) is 1. The van der Waals surface area contributed by atoms with E-state index in [1.54, 1.807) is 57.0 Å². The number of rotatable bonds is 5. The van der Waals surface area contributed by atoms with Gasteiger partial charge in [-0.05, 0) is 36.4 Å². The summed E-state index contributed by atoms with van der Waals surface area (Å²) in [6.07, 6.45) is 1.68. The predicted molar refractivity (Wildman–Crippen MR) is 109 cm³/mol. The number of nitrogens with zero attached hydrogens (tertiary/aromatic N) is 3. The van der Waals surface area contributed by atoms with Gasteiger partial charge in [0.2, 0.25) is 11.8 Å². The van der Waals surface area contributed by atoms with Crippen LogP contribution in [-0.2, 0) is 20.9 Å². The molecular weight excluding hydrogens is 388 g/mol. The summed E-state index contributed by atoms with van der Waals surface area (Å²) in [5.41, 5.74) is 1.34. The molecule has 2 heterocycles. The number of methoxy groups -OCH3 is 1. The maximum atomic E-state index is 12.9. The van der Waals surface area contributed by atoms with Crippen LogP contribution in [0.15, 0.2) is 42.6 Å². The zero-order chi connectivity index (χ0) is 21.7. The summed E-state index contributed by atoms with van der Waals surface area (Å²) in [4.78, 5) is 51.6. The molecule has 0 atom stereocenters. The second kappa shape index (κ2) is 9.25. The average molecular weight is 412 g/mol. The molecule has 1 saturated heterocycles. The fourth-order valence-corrected chi connectivity index (χ4v) is 3.30. The molecule has 3 rings (SSSR count). The molecule has 1 aliphatic heterocycles. The quantitative estimate of drug-likeness (QED) is 0.744. The van der Waals surface area contributed by atoms with Crippen molar-refractivity contribution >= 4 is 29.4 Å². The molecule has 3 amide bonds. The van der Waals surface area contributed by atoms with Gasteiger partial charge in [0, 0.05) is 45.0 Å². The Morgan fingerprint density at radius 1 is 0.967 bits per heavy atom. The molecule has 1 N–H and O–H groups in total. The molecule has 0 aliphatic carbocycles. The Bertz CT molecular complexity index is 943. The van der Waals surface area contributed by atoms with Crippen molar-refractivity contribution in [2.24, 2.45) is 0 Å². The maximum Gasteiger partial charge on any atom is 0.337 e. The maximum absolute atomic E-state index is 12.9. The van der Waals surface area contributed by atoms with Crippen LogP contribution in [0.1, 0.15) is 27.8 Å². The van der Waals surface area contributed by atoms with E-state index in [1.165, 1.54) is 14.0 Å². The van der Waals surface area contributed by atoms with Gasteiger partial charge in [0.15, 0.2) is 0 Å². The second-order valence-corrected chi connectivity index (χ2v) is 6.94. The van der Waals surface area contributed by atoms with E-state index >= 15 is 0 Å². The van der Waals surface area contributed by atoms with Crippen LogP contribution in [0.3, 0.4) is 0 Å². The molecule has 0 saturated carbocycles. The van der Waals surface area contributed by atoms with Crippen molar-refractivity contribution in [2.45, 2.75) is 13.5 Å². The topological polar surface area (TPSA) is 101 Å². The highest BCUT2D eigenvalue weighted by Gasteiger charge is 2.25. The Balaban J connectivity index is 1.60. The zero-order valence-electron chi connectivity index (χ0n) is 17.0. The minimum absolute atomic E-state index is 0.00163. The van der Waals surface area contributed by atoms with Gasteiger partial charge in [0.05, 0.1) is 12.7 Å². The lowest BCUT2D eigenvalue weighted by molar-refractivity contribution is -0.130. The fourth-order valence-electron chi connectivity index (χ4n) is 3.30. The zero-order valence-corrected chi connectivity index (χ0v) is 17.0. The number of carbonyl (C=O) groups is 4. The highest BCUT2D eigenvalue weighted by atomic mass is 16.5. The van der Waals surface area contributed by atoms with E-state index < -0.39 is 5.97 Å². The molecule has 1 fully saturated rings. The first-order valence-electron chi connectivity index (χ1n) is 9.57. The van der Waals surface area contributed by atoms with Crippen molar-refractivity contribution in [3.8, 4) is 0 Å². The molecule has 0 radical (unpaired) electrons. The van der Waals surface area contributed by atoms with Gasteiger partial charge in [-0.3, -0.25) is 14.4 Å². The predicted octanol–water partition coefficient (Wildman–Crippen LogP) is 1.22. The van der Waals surface area contributed by atoms with Crippen LogP contribution in [0.5, 0.6) is 0 Å². The minimum atomic E-state index is -0.451. The van der Waals surface area contributed by atoms with Gasteiger partial charge in [0.1, 0.15) is 12.2 Å². The van der Waals surface area contributed by atoms with Crippen molar-refractivity contribution in [1.29, 1.82) is 0 Å². The van der Waals surface area contributed by atoms with E-state index in [0.29, 0.717) is 43.1 Å². The smallest absolute Gasteiger partial charge is 0.337 e. The van der Waals surface area contributed by atoms with Gasteiger partial charge >= 0.3 is 5.97 Å². The summed E-state index contributed by atoms with van der Waals surface area (Å²) in [5, 5.41) is 2.75. The second-order valence-electron chi connectivity index (χ2n) is 6.94. The highest BCUT2D eigenvalue weighted by Crippen LogP contribution is 2.13. The Kier molecular flexibility index (Phi) is 6.51. The van der Waals surface area contributed by atoms with Crippen molar-refractivity contribution in [3.05, 3.63) is 53.9 Å². The molecule has 30 heavy (non-hydrogen) atoms. The van der Waals surface area contributed by atoms with E-state index in [-0.39, 0.29) is 24.3 Å². The molecule has 0 bridgehead atoms. The first-order chi connectivity index (χ1) is 14.4. The monoisotopic (exact) mass is 412 g/mol. The number of hydrogen-bond donors (Lipinski definition) is 1. The summed E-state index contributed by atoms with van der Waals surface area (Å²) in [7, 11) is 1.30. The van der Waals surface area contributed by atoms with Crippen molar-refractivity contribution in [1.82, 2.24) is 14.4 Å². The lowest BCUT2D eigenvalue weighted by Gasteiger charge is -2.34. The molecule has 1 aromatic carbocycles. The Morgan fingerprint density at radius 3 is 2.20 bits per heavy atom. The molecular formula is C21H24N4O5.